The van der Waals surface area contributed by atoms with Crippen molar-refractivity contribution in [1.82, 2.24) is 0 Å². The molecule has 0 aromatic heterocycles. The van der Waals surface area contributed by atoms with Crippen molar-refractivity contribution in [3.8, 4) is 5.75 Å². The summed E-state index contributed by atoms with van der Waals surface area (Å²) < 4.78 is 39.5. The Kier molecular flexibility index (Phi) is 3.08. The molecule has 0 saturated heterocycles. The zero-order valence-corrected chi connectivity index (χ0v) is 7.58. The number of hydrogen-bond donors (Lipinski definition) is 0. The smallest absolute Gasteiger partial charge is 0.417 e. The summed E-state index contributed by atoms with van der Waals surface area (Å²) in [6.45, 7) is 1.78. The minimum atomic E-state index is -4.36. The molecule has 1 rings (SSSR count). The van der Waals surface area contributed by atoms with E-state index in [9.17, 15) is 13.2 Å². The summed E-state index contributed by atoms with van der Waals surface area (Å²) in [5, 5.41) is 0. The van der Waals surface area contributed by atoms with Gasteiger partial charge in [0.15, 0.2) is 12.0 Å². The van der Waals surface area contributed by atoms with Gasteiger partial charge in [-0.2, -0.15) is 13.2 Å². The topological polar surface area (TPSA) is 9.23 Å². The molecular weight excluding hydrogens is 201 g/mol. The van der Waals surface area contributed by atoms with Gasteiger partial charge < -0.3 is 4.18 Å². The molecule has 0 atom stereocenters. The fraction of sp³-hybridized carbons (Fsp3) is 0.250. The Labute approximate surface area is 78.1 Å². The van der Waals surface area contributed by atoms with Gasteiger partial charge in [0.2, 0.25) is 0 Å². The van der Waals surface area contributed by atoms with Gasteiger partial charge in [-0.15, -0.1) is 0 Å². The van der Waals surface area contributed by atoms with E-state index >= 15 is 0 Å². The lowest BCUT2D eigenvalue weighted by molar-refractivity contribution is -0.0369. The second kappa shape index (κ2) is 3.91. The van der Waals surface area contributed by atoms with E-state index in [1.165, 1.54) is 6.07 Å². The van der Waals surface area contributed by atoms with E-state index in [-0.39, 0.29) is 5.75 Å². The largest absolute Gasteiger partial charge is 0.479 e. The van der Waals surface area contributed by atoms with Crippen molar-refractivity contribution in [2.45, 2.75) is 12.4 Å². The summed E-state index contributed by atoms with van der Waals surface area (Å²) in [6.07, 6.45) is 0. The Balaban J connectivity index is 2.55. The van der Waals surface area contributed by atoms with Crippen molar-refractivity contribution in [3.05, 3.63) is 29.8 Å². The highest BCUT2D eigenvalue weighted by Crippen LogP contribution is 2.32. The lowest BCUT2D eigenvalue weighted by Crippen LogP contribution is -2.02. The molecule has 0 aliphatic rings. The third-order valence-corrected chi connectivity index (χ3v) is 1.69. The van der Waals surface area contributed by atoms with Crippen LogP contribution < -0.4 is 4.18 Å². The van der Waals surface area contributed by atoms with Gasteiger partial charge >= 0.3 is 5.51 Å². The predicted octanol–water partition coefficient (Wildman–Crippen LogP) is 3.54. The van der Waals surface area contributed by atoms with E-state index in [2.05, 4.69) is 4.18 Å². The van der Waals surface area contributed by atoms with Crippen LogP contribution in [-0.4, -0.2) is 5.51 Å². The lowest BCUT2D eigenvalue weighted by Gasteiger charge is -2.06. The van der Waals surface area contributed by atoms with Crippen molar-refractivity contribution in [3.63, 3.8) is 0 Å². The Morgan fingerprint density at radius 1 is 1.31 bits per heavy atom. The fourth-order valence-corrected chi connectivity index (χ4v) is 1.06. The maximum absolute atomic E-state index is 11.7. The van der Waals surface area contributed by atoms with Crippen LogP contribution in [0.5, 0.6) is 5.75 Å². The Hall–Kier alpha value is -0.840. The minimum Gasteiger partial charge on any atom is -0.417 e. The molecule has 1 aromatic rings. The number of hydrogen-bond acceptors (Lipinski definition) is 2. The molecule has 1 aromatic carbocycles. The summed E-state index contributed by atoms with van der Waals surface area (Å²) >= 11 is -0.505. The zero-order chi connectivity index (χ0) is 9.90. The maximum atomic E-state index is 11.7. The molecule has 1 nitrogen and oxygen atoms in total. The van der Waals surface area contributed by atoms with Gasteiger partial charge in [0, 0.05) is 0 Å². The number of aryl methyl sites for hydroxylation is 1. The van der Waals surface area contributed by atoms with Gasteiger partial charge in [-0.1, -0.05) is 12.1 Å². The van der Waals surface area contributed by atoms with E-state index in [4.69, 9.17) is 0 Å². The quantitative estimate of drug-likeness (QED) is 0.687. The van der Waals surface area contributed by atoms with Crippen molar-refractivity contribution >= 4 is 12.0 Å². The molecule has 0 heterocycles. The molecule has 0 N–H and O–H groups in total. The SMILES string of the molecule is Cc1cccc(OSC(F)(F)F)c1. The molecule has 0 amide bonds. The van der Waals surface area contributed by atoms with Crippen LogP contribution in [0.1, 0.15) is 5.56 Å². The Morgan fingerprint density at radius 3 is 2.54 bits per heavy atom. The molecule has 0 saturated carbocycles. The van der Waals surface area contributed by atoms with Gasteiger partial charge in [0.25, 0.3) is 0 Å². The molecule has 72 valence electrons. The van der Waals surface area contributed by atoms with Crippen LogP contribution in [0, 0.1) is 6.92 Å². The van der Waals surface area contributed by atoms with Crippen LogP contribution in [0.4, 0.5) is 13.2 Å². The number of halogens is 3. The molecule has 0 radical (unpaired) electrons. The highest BCUT2D eigenvalue weighted by molar-refractivity contribution is 7.95. The molecule has 5 heteroatoms. The third-order valence-electron chi connectivity index (χ3n) is 1.22. The number of alkyl halides is 3. The summed E-state index contributed by atoms with van der Waals surface area (Å²) in [5.41, 5.74) is -3.50. The van der Waals surface area contributed by atoms with Crippen LogP contribution in [-0.2, 0) is 0 Å². The summed E-state index contributed by atoms with van der Waals surface area (Å²) in [4.78, 5) is 0. The second-order valence-corrected chi connectivity index (χ2v) is 3.23. The maximum Gasteiger partial charge on any atom is 0.479 e. The fourth-order valence-electron chi connectivity index (χ4n) is 0.763. The van der Waals surface area contributed by atoms with E-state index in [1.54, 1.807) is 25.1 Å². The van der Waals surface area contributed by atoms with Gasteiger partial charge in [0.05, 0.1) is 0 Å². The lowest BCUT2D eigenvalue weighted by atomic mass is 10.2. The molecule has 13 heavy (non-hydrogen) atoms. The minimum absolute atomic E-state index is 0.210. The van der Waals surface area contributed by atoms with Crippen molar-refractivity contribution < 1.29 is 17.4 Å². The first kappa shape index (κ1) is 10.2. The normalized spacial score (nSPS) is 11.4. The van der Waals surface area contributed by atoms with Crippen LogP contribution in [0.15, 0.2) is 24.3 Å². The van der Waals surface area contributed by atoms with Crippen LogP contribution >= 0.6 is 12.0 Å². The van der Waals surface area contributed by atoms with Crippen LogP contribution in [0.3, 0.4) is 0 Å². The molecule has 0 fully saturated rings. The Bertz CT molecular complexity index is 285. The van der Waals surface area contributed by atoms with E-state index in [0.717, 1.165) is 5.56 Å². The van der Waals surface area contributed by atoms with E-state index in [0.29, 0.717) is 0 Å². The summed E-state index contributed by atoms with van der Waals surface area (Å²) in [6, 6.07) is 6.44. The highest BCUT2D eigenvalue weighted by Gasteiger charge is 2.31. The monoisotopic (exact) mass is 208 g/mol. The average molecular weight is 208 g/mol. The standard InChI is InChI=1S/C8H7F3OS/c1-6-3-2-4-7(5-6)12-13-8(9,10)11/h2-5H,1H3. The molecule has 0 aliphatic heterocycles. The predicted molar refractivity (Wildman–Crippen MR) is 45.5 cm³/mol. The Morgan fingerprint density at radius 2 is 2.00 bits per heavy atom. The van der Waals surface area contributed by atoms with Crippen molar-refractivity contribution in [2.24, 2.45) is 0 Å². The molecular formula is C8H7F3OS. The first-order valence-electron chi connectivity index (χ1n) is 3.46. The second-order valence-electron chi connectivity index (χ2n) is 2.43. The van der Waals surface area contributed by atoms with Crippen LogP contribution in [0.2, 0.25) is 0 Å². The van der Waals surface area contributed by atoms with Gasteiger partial charge in [0.1, 0.15) is 5.75 Å². The van der Waals surface area contributed by atoms with E-state index in [1.807, 2.05) is 0 Å². The number of rotatable bonds is 2. The van der Waals surface area contributed by atoms with Crippen molar-refractivity contribution in [1.29, 1.82) is 0 Å². The average Bonchev–Trinajstić information content (AvgIpc) is 2.00. The molecule has 0 spiro atoms. The van der Waals surface area contributed by atoms with Crippen molar-refractivity contribution in [2.75, 3.05) is 0 Å². The summed E-state index contributed by atoms with van der Waals surface area (Å²) in [5.74, 6) is 0.210. The van der Waals surface area contributed by atoms with E-state index < -0.39 is 17.6 Å². The molecule has 0 bridgehead atoms. The zero-order valence-electron chi connectivity index (χ0n) is 6.76. The van der Waals surface area contributed by atoms with Gasteiger partial charge in [-0.05, 0) is 24.6 Å². The summed E-state index contributed by atoms with van der Waals surface area (Å²) in [7, 11) is 0. The van der Waals surface area contributed by atoms with Crippen LogP contribution in [0.25, 0.3) is 0 Å². The molecule has 0 unspecified atom stereocenters. The van der Waals surface area contributed by atoms with Gasteiger partial charge in [-0.3, -0.25) is 0 Å². The first-order chi connectivity index (χ1) is 5.97. The van der Waals surface area contributed by atoms with Gasteiger partial charge in [-0.25, -0.2) is 0 Å². The first-order valence-corrected chi connectivity index (χ1v) is 4.20. The number of benzene rings is 1. The third kappa shape index (κ3) is 4.07. The highest BCUT2D eigenvalue weighted by atomic mass is 32.2. The molecule has 0 aliphatic carbocycles.